The molecule has 0 bridgehead atoms. The van der Waals surface area contributed by atoms with Gasteiger partial charge in [0.05, 0.1) is 0 Å². The zero-order valence-corrected chi connectivity index (χ0v) is 16.2. The van der Waals surface area contributed by atoms with Crippen molar-refractivity contribution in [1.29, 1.82) is 0 Å². The van der Waals surface area contributed by atoms with Crippen LogP contribution in [0, 0.1) is 0 Å². The summed E-state index contributed by atoms with van der Waals surface area (Å²) in [4.78, 5) is 32.1. The van der Waals surface area contributed by atoms with Crippen LogP contribution >= 0.6 is 0 Å². The van der Waals surface area contributed by atoms with Crippen LogP contribution < -0.4 is 14.8 Å². The third-order valence-corrected chi connectivity index (χ3v) is 4.37. The van der Waals surface area contributed by atoms with Crippen molar-refractivity contribution in [2.24, 2.45) is 0 Å². The van der Waals surface area contributed by atoms with Gasteiger partial charge in [-0.3, -0.25) is 9.78 Å². The minimum absolute atomic E-state index is 0.166. The van der Waals surface area contributed by atoms with Gasteiger partial charge in [-0.2, -0.15) is 0 Å². The van der Waals surface area contributed by atoms with E-state index in [0.717, 1.165) is 11.1 Å². The average molecular weight is 384 g/mol. The van der Waals surface area contributed by atoms with Crippen molar-refractivity contribution < 1.29 is 19.1 Å². The van der Waals surface area contributed by atoms with E-state index in [-0.39, 0.29) is 18.7 Å². The number of pyridine rings is 1. The zero-order valence-electron chi connectivity index (χ0n) is 16.2. The van der Waals surface area contributed by atoms with Gasteiger partial charge >= 0.3 is 6.03 Å². The molecule has 8 heteroatoms. The summed E-state index contributed by atoms with van der Waals surface area (Å²) in [5, 5.41) is 2.78. The summed E-state index contributed by atoms with van der Waals surface area (Å²) in [7, 11) is 3.32. The van der Waals surface area contributed by atoms with Crippen LogP contribution in [0.3, 0.4) is 0 Å². The number of fused-ring (bicyclic) bond motifs is 1. The Balaban J connectivity index is 1.76. The van der Waals surface area contributed by atoms with Crippen molar-refractivity contribution in [2.45, 2.75) is 26.1 Å². The number of nitrogens with zero attached hydrogens (tertiary/aromatic N) is 3. The minimum atomic E-state index is -0.626. The Bertz CT molecular complexity index is 841. The van der Waals surface area contributed by atoms with Gasteiger partial charge in [0.15, 0.2) is 11.5 Å². The van der Waals surface area contributed by atoms with E-state index in [1.807, 2.05) is 30.3 Å². The number of urea groups is 1. The minimum Gasteiger partial charge on any atom is -0.454 e. The molecule has 148 valence electrons. The number of aromatic nitrogens is 1. The highest BCUT2D eigenvalue weighted by molar-refractivity contribution is 5.86. The van der Waals surface area contributed by atoms with Crippen LogP contribution in [0.2, 0.25) is 0 Å². The van der Waals surface area contributed by atoms with Gasteiger partial charge in [-0.1, -0.05) is 6.07 Å². The maximum Gasteiger partial charge on any atom is 0.318 e. The van der Waals surface area contributed by atoms with Crippen molar-refractivity contribution in [3.8, 4) is 11.5 Å². The van der Waals surface area contributed by atoms with Gasteiger partial charge in [-0.15, -0.1) is 0 Å². The number of hydrogen-bond donors (Lipinski definition) is 1. The topological polar surface area (TPSA) is 84.0 Å². The Morgan fingerprint density at radius 2 is 1.75 bits per heavy atom. The smallest absolute Gasteiger partial charge is 0.318 e. The fraction of sp³-hybridized carbons (Fsp3) is 0.350. The quantitative estimate of drug-likeness (QED) is 0.824. The Kier molecular flexibility index (Phi) is 5.98. The first kappa shape index (κ1) is 19.5. The summed E-state index contributed by atoms with van der Waals surface area (Å²) < 4.78 is 10.8. The highest BCUT2D eigenvalue weighted by Crippen LogP contribution is 2.32. The normalized spacial score (nSPS) is 13.0. The monoisotopic (exact) mass is 384 g/mol. The summed E-state index contributed by atoms with van der Waals surface area (Å²) in [6.07, 6.45) is 3.37. The van der Waals surface area contributed by atoms with Gasteiger partial charge in [-0.25, -0.2) is 4.79 Å². The Hall–Kier alpha value is -3.29. The zero-order chi connectivity index (χ0) is 20.1. The predicted octanol–water partition coefficient (Wildman–Crippen LogP) is 2.00. The Morgan fingerprint density at radius 3 is 2.46 bits per heavy atom. The van der Waals surface area contributed by atoms with Crippen molar-refractivity contribution in [3.63, 3.8) is 0 Å². The molecule has 0 saturated carbocycles. The molecule has 1 aliphatic rings. The Labute approximate surface area is 164 Å². The van der Waals surface area contributed by atoms with Crippen molar-refractivity contribution in [2.75, 3.05) is 20.9 Å². The van der Waals surface area contributed by atoms with E-state index in [1.165, 1.54) is 4.90 Å². The van der Waals surface area contributed by atoms with Crippen LogP contribution in [0.5, 0.6) is 11.5 Å². The lowest BCUT2D eigenvalue weighted by Crippen LogP contribution is -2.49. The number of ether oxygens (including phenoxy) is 2. The van der Waals surface area contributed by atoms with Crippen LogP contribution in [0.15, 0.2) is 42.7 Å². The maximum absolute atomic E-state index is 12.9. The second-order valence-electron chi connectivity index (χ2n) is 6.80. The number of benzene rings is 1. The molecular weight excluding hydrogens is 360 g/mol. The maximum atomic E-state index is 12.9. The molecule has 0 saturated heterocycles. The number of carbonyl (C=O) groups is 2. The van der Waals surface area contributed by atoms with E-state index >= 15 is 0 Å². The highest BCUT2D eigenvalue weighted by Gasteiger charge is 2.22. The van der Waals surface area contributed by atoms with E-state index in [0.29, 0.717) is 24.6 Å². The average Bonchev–Trinajstić information content (AvgIpc) is 3.15. The molecule has 1 aromatic carbocycles. The highest BCUT2D eigenvalue weighted by atomic mass is 16.7. The van der Waals surface area contributed by atoms with E-state index < -0.39 is 6.04 Å². The fourth-order valence-electron chi connectivity index (χ4n) is 2.89. The second kappa shape index (κ2) is 8.60. The third-order valence-electron chi connectivity index (χ3n) is 4.37. The molecule has 2 aromatic rings. The predicted molar refractivity (Wildman–Crippen MR) is 103 cm³/mol. The Morgan fingerprint density at radius 1 is 1.07 bits per heavy atom. The molecule has 1 aromatic heterocycles. The van der Waals surface area contributed by atoms with Crippen LogP contribution in [0.1, 0.15) is 18.1 Å². The van der Waals surface area contributed by atoms with Crippen molar-refractivity contribution in [1.82, 2.24) is 20.1 Å². The molecule has 1 aliphatic heterocycles. The number of nitrogens with one attached hydrogen (secondary N) is 1. The van der Waals surface area contributed by atoms with Crippen LogP contribution in [-0.4, -0.2) is 53.7 Å². The largest absolute Gasteiger partial charge is 0.454 e. The first-order chi connectivity index (χ1) is 13.4. The number of amides is 3. The molecule has 3 rings (SSSR count). The van der Waals surface area contributed by atoms with Gasteiger partial charge in [0, 0.05) is 39.6 Å². The van der Waals surface area contributed by atoms with Gasteiger partial charge in [0.1, 0.15) is 6.04 Å². The van der Waals surface area contributed by atoms with E-state index in [2.05, 4.69) is 10.3 Å². The second-order valence-corrected chi connectivity index (χ2v) is 6.80. The number of likely N-dealkylation sites (N-methyl/N-ethyl adjacent to an activating group) is 1. The van der Waals surface area contributed by atoms with E-state index in [9.17, 15) is 9.59 Å². The molecule has 8 nitrogen and oxygen atoms in total. The standard InChI is InChI=1S/C20H24N4O4/c1-14(19(25)23(2)3)22-20(26)24(11-15-6-8-21-9-7-15)12-16-4-5-17-18(10-16)28-13-27-17/h4-10,14H,11-13H2,1-3H3,(H,22,26). The number of hydrogen-bond acceptors (Lipinski definition) is 5. The molecule has 2 heterocycles. The lowest BCUT2D eigenvalue weighted by molar-refractivity contribution is -0.130. The molecule has 1 unspecified atom stereocenters. The van der Waals surface area contributed by atoms with Crippen molar-refractivity contribution >= 4 is 11.9 Å². The summed E-state index contributed by atoms with van der Waals surface area (Å²) in [5.41, 5.74) is 1.84. The van der Waals surface area contributed by atoms with Gasteiger partial charge in [-0.05, 0) is 42.3 Å². The summed E-state index contributed by atoms with van der Waals surface area (Å²) in [6.45, 7) is 2.61. The van der Waals surface area contributed by atoms with Crippen LogP contribution in [-0.2, 0) is 17.9 Å². The molecule has 0 aliphatic carbocycles. The molecule has 0 radical (unpaired) electrons. The summed E-state index contributed by atoms with van der Waals surface area (Å²) >= 11 is 0. The van der Waals surface area contributed by atoms with Gasteiger partial charge in [0.25, 0.3) is 0 Å². The first-order valence-corrected chi connectivity index (χ1v) is 8.98. The van der Waals surface area contributed by atoms with Crippen LogP contribution in [0.25, 0.3) is 0 Å². The lowest BCUT2D eigenvalue weighted by atomic mass is 10.1. The summed E-state index contributed by atoms with van der Waals surface area (Å²) in [6, 6.07) is 8.36. The van der Waals surface area contributed by atoms with Crippen LogP contribution in [0.4, 0.5) is 4.79 Å². The third kappa shape index (κ3) is 4.70. The molecular formula is C20H24N4O4. The molecule has 1 N–H and O–H groups in total. The number of rotatable bonds is 6. The first-order valence-electron chi connectivity index (χ1n) is 8.98. The van der Waals surface area contributed by atoms with E-state index in [4.69, 9.17) is 9.47 Å². The fourth-order valence-corrected chi connectivity index (χ4v) is 2.89. The van der Waals surface area contributed by atoms with Gasteiger partial charge < -0.3 is 24.6 Å². The molecule has 0 fully saturated rings. The van der Waals surface area contributed by atoms with E-state index in [1.54, 1.807) is 38.3 Å². The number of carbonyl (C=O) groups excluding carboxylic acids is 2. The SMILES string of the molecule is CC(NC(=O)N(Cc1ccncc1)Cc1ccc2c(c1)OCO2)C(=O)N(C)C. The molecule has 0 spiro atoms. The van der Waals surface area contributed by atoms with Gasteiger partial charge in [0.2, 0.25) is 12.7 Å². The van der Waals surface area contributed by atoms with Crippen molar-refractivity contribution in [3.05, 3.63) is 53.9 Å². The molecule has 28 heavy (non-hydrogen) atoms. The molecule has 1 atom stereocenters. The lowest BCUT2D eigenvalue weighted by Gasteiger charge is -2.26. The summed E-state index contributed by atoms with van der Waals surface area (Å²) in [5.74, 6) is 1.19. The molecule has 3 amide bonds.